The molecule has 0 N–H and O–H groups in total. The number of hydrogen-bond donors (Lipinski definition) is 0. The number of rotatable bonds is 0. The fraction of sp³-hybridized carbons (Fsp3) is 0.308. The van der Waals surface area contributed by atoms with Crippen LogP contribution in [0.1, 0.15) is 25.0 Å². The van der Waals surface area contributed by atoms with Crippen LogP contribution in [0.2, 0.25) is 5.02 Å². The first-order valence-corrected chi connectivity index (χ1v) is 5.58. The Labute approximate surface area is 96.1 Å². The lowest BCUT2D eigenvalue weighted by atomic mass is 10.1. The van der Waals surface area contributed by atoms with Crippen LogP contribution in [0.3, 0.4) is 0 Å². The first-order chi connectivity index (χ1) is 7.18. The van der Waals surface area contributed by atoms with Gasteiger partial charge < -0.3 is 0 Å². The quantitative estimate of drug-likeness (QED) is 0.637. The second-order valence-electron chi connectivity index (χ2n) is 3.25. The standard InChI is InChI=1S/C11H10ClN.C2H6/c1-7-5-9-10(12)3-4-13-11(9)6-8(7)2;1-2/h3-6H,1-2H3;1-2H3. The van der Waals surface area contributed by atoms with E-state index in [1.54, 1.807) is 6.20 Å². The second kappa shape index (κ2) is 5.13. The first-order valence-electron chi connectivity index (χ1n) is 5.20. The Morgan fingerprint density at radius 3 is 2.33 bits per heavy atom. The molecule has 0 aliphatic heterocycles. The molecular formula is C13H16ClN. The van der Waals surface area contributed by atoms with Crippen molar-refractivity contribution in [1.29, 1.82) is 0 Å². The molecule has 0 bridgehead atoms. The van der Waals surface area contributed by atoms with Crippen molar-refractivity contribution in [2.45, 2.75) is 27.7 Å². The monoisotopic (exact) mass is 221 g/mol. The average Bonchev–Trinajstić information content (AvgIpc) is 2.24. The maximum Gasteiger partial charge on any atom is 0.0719 e. The molecule has 0 unspecified atom stereocenters. The molecule has 1 aromatic carbocycles. The van der Waals surface area contributed by atoms with Gasteiger partial charge in [0.2, 0.25) is 0 Å². The van der Waals surface area contributed by atoms with Crippen LogP contribution in [-0.2, 0) is 0 Å². The van der Waals surface area contributed by atoms with E-state index in [2.05, 4.69) is 31.0 Å². The second-order valence-corrected chi connectivity index (χ2v) is 3.65. The van der Waals surface area contributed by atoms with Crippen molar-refractivity contribution in [2.24, 2.45) is 0 Å². The van der Waals surface area contributed by atoms with Crippen LogP contribution >= 0.6 is 11.6 Å². The number of fused-ring (bicyclic) bond motifs is 1. The first kappa shape index (κ1) is 12.0. The van der Waals surface area contributed by atoms with Gasteiger partial charge in [0.25, 0.3) is 0 Å². The SMILES string of the molecule is CC.Cc1cc2nccc(Cl)c2cc1C. The van der Waals surface area contributed by atoms with Crippen molar-refractivity contribution in [2.75, 3.05) is 0 Å². The number of halogens is 1. The highest BCUT2D eigenvalue weighted by atomic mass is 35.5. The molecule has 1 heterocycles. The van der Waals surface area contributed by atoms with Crippen molar-refractivity contribution in [3.63, 3.8) is 0 Å². The normalized spacial score (nSPS) is 9.67. The molecule has 2 heteroatoms. The fourth-order valence-electron chi connectivity index (χ4n) is 1.37. The maximum atomic E-state index is 6.04. The minimum absolute atomic E-state index is 0.771. The fourth-order valence-corrected chi connectivity index (χ4v) is 1.58. The third-order valence-corrected chi connectivity index (χ3v) is 2.63. The summed E-state index contributed by atoms with van der Waals surface area (Å²) >= 11 is 6.04. The van der Waals surface area contributed by atoms with Crippen molar-refractivity contribution in [1.82, 2.24) is 4.98 Å². The third kappa shape index (κ3) is 2.48. The largest absolute Gasteiger partial charge is 0.256 e. The molecule has 0 fully saturated rings. The Hall–Kier alpha value is -1.08. The molecule has 0 amide bonds. The summed E-state index contributed by atoms with van der Waals surface area (Å²) in [5.41, 5.74) is 3.47. The van der Waals surface area contributed by atoms with Crippen LogP contribution in [0, 0.1) is 13.8 Å². The summed E-state index contributed by atoms with van der Waals surface area (Å²) in [6, 6.07) is 5.97. The van der Waals surface area contributed by atoms with Gasteiger partial charge in [-0.1, -0.05) is 25.4 Å². The van der Waals surface area contributed by atoms with E-state index in [9.17, 15) is 0 Å². The van der Waals surface area contributed by atoms with Crippen molar-refractivity contribution in [3.8, 4) is 0 Å². The predicted molar refractivity (Wildman–Crippen MR) is 67.6 cm³/mol. The third-order valence-electron chi connectivity index (χ3n) is 2.30. The summed E-state index contributed by atoms with van der Waals surface area (Å²) in [6.07, 6.45) is 1.74. The van der Waals surface area contributed by atoms with E-state index >= 15 is 0 Å². The van der Waals surface area contributed by atoms with Gasteiger partial charge in [0.05, 0.1) is 10.5 Å². The summed E-state index contributed by atoms with van der Waals surface area (Å²) in [4.78, 5) is 4.26. The number of hydrogen-bond acceptors (Lipinski definition) is 1. The highest BCUT2D eigenvalue weighted by Gasteiger charge is 2.01. The molecule has 0 atom stereocenters. The van der Waals surface area contributed by atoms with Gasteiger partial charge in [-0.25, -0.2) is 0 Å². The Kier molecular flexibility index (Phi) is 4.10. The summed E-state index contributed by atoms with van der Waals surface area (Å²) in [7, 11) is 0. The van der Waals surface area contributed by atoms with Gasteiger partial charge >= 0.3 is 0 Å². The van der Waals surface area contributed by atoms with E-state index in [1.165, 1.54) is 11.1 Å². The molecule has 1 nitrogen and oxygen atoms in total. The summed E-state index contributed by atoms with van der Waals surface area (Å²) in [5, 5.41) is 1.81. The van der Waals surface area contributed by atoms with Crippen LogP contribution in [-0.4, -0.2) is 4.98 Å². The van der Waals surface area contributed by atoms with Gasteiger partial charge in [-0.05, 0) is 43.2 Å². The maximum absolute atomic E-state index is 6.04. The number of pyridine rings is 1. The Bertz CT molecular complexity index is 463. The Morgan fingerprint density at radius 2 is 1.67 bits per heavy atom. The number of aromatic nitrogens is 1. The van der Waals surface area contributed by atoms with E-state index < -0.39 is 0 Å². The highest BCUT2D eigenvalue weighted by molar-refractivity contribution is 6.35. The minimum atomic E-state index is 0.771. The molecule has 15 heavy (non-hydrogen) atoms. The molecule has 0 radical (unpaired) electrons. The minimum Gasteiger partial charge on any atom is -0.256 e. The molecule has 0 saturated carbocycles. The molecule has 1 aromatic heterocycles. The van der Waals surface area contributed by atoms with Crippen molar-refractivity contribution in [3.05, 3.63) is 40.5 Å². The zero-order chi connectivity index (χ0) is 11.4. The molecule has 2 rings (SSSR count). The van der Waals surface area contributed by atoms with Gasteiger partial charge in [0, 0.05) is 11.6 Å². The van der Waals surface area contributed by atoms with Crippen LogP contribution in [0.4, 0.5) is 0 Å². The van der Waals surface area contributed by atoms with Gasteiger partial charge in [-0.3, -0.25) is 4.98 Å². The van der Waals surface area contributed by atoms with Crippen LogP contribution in [0.5, 0.6) is 0 Å². The van der Waals surface area contributed by atoms with Gasteiger partial charge in [0.1, 0.15) is 0 Å². The molecule has 0 aliphatic carbocycles. The van der Waals surface area contributed by atoms with Gasteiger partial charge in [-0.15, -0.1) is 0 Å². The van der Waals surface area contributed by atoms with Gasteiger partial charge in [0.15, 0.2) is 0 Å². The number of benzene rings is 1. The van der Waals surface area contributed by atoms with Crippen LogP contribution in [0.15, 0.2) is 24.4 Å². The number of aryl methyl sites for hydroxylation is 2. The van der Waals surface area contributed by atoms with Gasteiger partial charge in [-0.2, -0.15) is 0 Å². The lowest BCUT2D eigenvalue weighted by molar-refractivity contribution is 1.33. The lowest BCUT2D eigenvalue weighted by Gasteiger charge is -2.03. The smallest absolute Gasteiger partial charge is 0.0719 e. The van der Waals surface area contributed by atoms with Crippen molar-refractivity contribution >= 4 is 22.5 Å². The Morgan fingerprint density at radius 1 is 1.07 bits per heavy atom. The molecule has 0 spiro atoms. The van der Waals surface area contributed by atoms with Crippen LogP contribution < -0.4 is 0 Å². The van der Waals surface area contributed by atoms with Crippen LogP contribution in [0.25, 0.3) is 10.9 Å². The molecule has 2 aromatic rings. The van der Waals surface area contributed by atoms with E-state index in [1.807, 2.05) is 19.9 Å². The summed E-state index contributed by atoms with van der Waals surface area (Å²) in [5.74, 6) is 0. The van der Waals surface area contributed by atoms with E-state index in [0.29, 0.717) is 0 Å². The highest BCUT2D eigenvalue weighted by Crippen LogP contribution is 2.24. The zero-order valence-electron chi connectivity index (χ0n) is 9.63. The van der Waals surface area contributed by atoms with E-state index in [4.69, 9.17) is 11.6 Å². The van der Waals surface area contributed by atoms with E-state index in [-0.39, 0.29) is 0 Å². The zero-order valence-corrected chi connectivity index (χ0v) is 10.4. The average molecular weight is 222 g/mol. The molecule has 80 valence electrons. The lowest BCUT2D eigenvalue weighted by Crippen LogP contribution is -1.84. The Balaban J connectivity index is 0.000000531. The van der Waals surface area contributed by atoms with Crippen molar-refractivity contribution < 1.29 is 0 Å². The molecule has 0 saturated heterocycles. The molecular weight excluding hydrogens is 206 g/mol. The summed E-state index contributed by atoms with van der Waals surface area (Å²) < 4.78 is 0. The number of nitrogens with zero attached hydrogens (tertiary/aromatic N) is 1. The topological polar surface area (TPSA) is 12.9 Å². The summed E-state index contributed by atoms with van der Waals surface area (Å²) in [6.45, 7) is 8.16. The predicted octanol–water partition coefficient (Wildman–Crippen LogP) is 4.53. The molecule has 0 aliphatic rings. The van der Waals surface area contributed by atoms with E-state index in [0.717, 1.165) is 15.9 Å².